The molecule has 0 aliphatic rings. The minimum absolute atomic E-state index is 0.166. The van der Waals surface area contributed by atoms with Crippen molar-refractivity contribution in [1.82, 2.24) is 9.29 Å². The molecule has 0 fully saturated rings. The van der Waals surface area contributed by atoms with Gasteiger partial charge in [-0.25, -0.2) is 13.4 Å². The summed E-state index contributed by atoms with van der Waals surface area (Å²) in [6.07, 6.45) is 1.46. The second-order valence-corrected chi connectivity index (χ2v) is 10.4. The lowest BCUT2D eigenvalue weighted by Gasteiger charge is -2.21. The van der Waals surface area contributed by atoms with Crippen molar-refractivity contribution in [3.63, 3.8) is 0 Å². The molecule has 0 aliphatic carbocycles. The van der Waals surface area contributed by atoms with Gasteiger partial charge in [0.05, 0.1) is 19.6 Å². The molecule has 0 saturated carbocycles. The van der Waals surface area contributed by atoms with Crippen LogP contribution < -0.4 is 5.32 Å². The molecule has 1 aromatic heterocycles. The molecule has 0 bridgehead atoms. The third-order valence-corrected chi connectivity index (χ3v) is 8.02. The van der Waals surface area contributed by atoms with Crippen LogP contribution in [0.4, 0.5) is 5.13 Å². The van der Waals surface area contributed by atoms with E-state index in [0.717, 1.165) is 12.8 Å². The van der Waals surface area contributed by atoms with Gasteiger partial charge in [0, 0.05) is 18.7 Å². The molecule has 1 amide bonds. The van der Waals surface area contributed by atoms with Crippen LogP contribution in [0.15, 0.2) is 41.3 Å². The first-order valence-electron chi connectivity index (χ1n) is 9.44. The smallest absolute Gasteiger partial charge is 0.257 e. The van der Waals surface area contributed by atoms with Gasteiger partial charge in [0.1, 0.15) is 5.52 Å². The van der Waals surface area contributed by atoms with Gasteiger partial charge < -0.3 is 0 Å². The molecular weight excluding hydrogens is 465 g/mol. The molecule has 30 heavy (non-hydrogen) atoms. The lowest BCUT2D eigenvalue weighted by Crippen LogP contribution is -2.32. The normalized spacial score (nSPS) is 11.9. The van der Waals surface area contributed by atoms with E-state index in [-0.39, 0.29) is 4.90 Å². The number of aromatic nitrogens is 1. The zero-order valence-electron chi connectivity index (χ0n) is 16.5. The number of amides is 1. The fraction of sp³-hybridized carbons (Fsp3) is 0.300. The van der Waals surface area contributed by atoms with Crippen LogP contribution in [0, 0.1) is 0 Å². The number of nitrogens with one attached hydrogen (secondary N) is 1. The largest absolute Gasteiger partial charge is 0.298 e. The Morgan fingerprint density at radius 3 is 2.20 bits per heavy atom. The van der Waals surface area contributed by atoms with Crippen LogP contribution in [-0.4, -0.2) is 36.7 Å². The van der Waals surface area contributed by atoms with Crippen LogP contribution in [0.3, 0.4) is 0 Å². The molecule has 0 radical (unpaired) electrons. The molecule has 1 heterocycles. The van der Waals surface area contributed by atoms with Crippen molar-refractivity contribution in [3.05, 3.63) is 52.0 Å². The molecular formula is C20H21Cl2N3O3S2. The third kappa shape index (κ3) is 4.78. The Morgan fingerprint density at radius 1 is 1.03 bits per heavy atom. The first kappa shape index (κ1) is 23.0. The number of halogens is 2. The van der Waals surface area contributed by atoms with Gasteiger partial charge in [0.15, 0.2) is 5.13 Å². The van der Waals surface area contributed by atoms with Crippen LogP contribution in [0.1, 0.15) is 37.0 Å². The van der Waals surface area contributed by atoms with Gasteiger partial charge in [-0.2, -0.15) is 4.31 Å². The predicted octanol–water partition coefficient (Wildman–Crippen LogP) is 5.67. The summed E-state index contributed by atoms with van der Waals surface area (Å²) in [7, 11) is -3.59. The predicted molar refractivity (Wildman–Crippen MR) is 123 cm³/mol. The Labute approximate surface area is 189 Å². The number of hydrogen-bond acceptors (Lipinski definition) is 5. The Morgan fingerprint density at radius 2 is 1.63 bits per heavy atom. The molecule has 0 atom stereocenters. The Kier molecular flexibility index (Phi) is 7.36. The topological polar surface area (TPSA) is 79.4 Å². The molecule has 3 aromatic rings. The monoisotopic (exact) mass is 485 g/mol. The molecule has 10 heteroatoms. The summed E-state index contributed by atoms with van der Waals surface area (Å²) < 4.78 is 27.8. The van der Waals surface area contributed by atoms with E-state index in [4.69, 9.17) is 23.2 Å². The standard InChI is InChI=1S/C20H21Cl2N3O3S2/c1-3-11-25(12-4-2)30(27,28)14-7-5-13(6-8-14)19(26)24-20-23-17-15(21)9-10-16(22)18(17)29-20/h5-10H,3-4,11-12H2,1-2H3,(H,23,24,26). The fourth-order valence-corrected chi connectivity index (χ4v) is 5.99. The summed E-state index contributed by atoms with van der Waals surface area (Å²) in [5.74, 6) is -0.399. The van der Waals surface area contributed by atoms with Crippen molar-refractivity contribution in [3.8, 4) is 0 Å². The first-order chi connectivity index (χ1) is 14.3. The third-order valence-electron chi connectivity index (χ3n) is 4.37. The SMILES string of the molecule is CCCN(CCC)S(=O)(=O)c1ccc(C(=O)Nc2nc3c(Cl)ccc(Cl)c3s2)cc1. The van der Waals surface area contributed by atoms with Crippen LogP contribution >= 0.6 is 34.5 Å². The van der Waals surface area contributed by atoms with Crippen molar-refractivity contribution in [2.24, 2.45) is 0 Å². The van der Waals surface area contributed by atoms with Crippen LogP contribution in [0.25, 0.3) is 10.2 Å². The minimum Gasteiger partial charge on any atom is -0.298 e. The molecule has 0 spiro atoms. The van der Waals surface area contributed by atoms with E-state index in [1.807, 2.05) is 13.8 Å². The number of hydrogen-bond donors (Lipinski definition) is 1. The second-order valence-electron chi connectivity index (χ2n) is 6.61. The maximum absolute atomic E-state index is 12.8. The zero-order chi connectivity index (χ0) is 21.9. The van der Waals surface area contributed by atoms with Crippen LogP contribution in [0.5, 0.6) is 0 Å². The van der Waals surface area contributed by atoms with Crippen molar-refractivity contribution in [2.45, 2.75) is 31.6 Å². The average molecular weight is 486 g/mol. The van der Waals surface area contributed by atoms with Gasteiger partial charge in [-0.3, -0.25) is 10.1 Å². The molecule has 160 valence electrons. The fourth-order valence-electron chi connectivity index (χ4n) is 2.95. The van der Waals surface area contributed by atoms with Crippen molar-refractivity contribution < 1.29 is 13.2 Å². The van der Waals surface area contributed by atoms with Gasteiger partial charge in [0.2, 0.25) is 10.0 Å². The summed E-state index contributed by atoms with van der Waals surface area (Å²) in [6.45, 7) is 4.80. The highest BCUT2D eigenvalue weighted by Crippen LogP contribution is 2.36. The molecule has 0 aliphatic heterocycles. The van der Waals surface area contributed by atoms with E-state index >= 15 is 0 Å². The number of carbonyl (C=O) groups excluding carboxylic acids is 1. The van der Waals surface area contributed by atoms with Crippen LogP contribution in [-0.2, 0) is 10.0 Å². The highest BCUT2D eigenvalue weighted by Gasteiger charge is 2.23. The average Bonchev–Trinajstić information content (AvgIpc) is 3.16. The number of fused-ring (bicyclic) bond motifs is 1. The number of thiazole rings is 1. The number of rotatable bonds is 8. The van der Waals surface area contributed by atoms with Gasteiger partial charge in [-0.15, -0.1) is 0 Å². The minimum atomic E-state index is -3.59. The summed E-state index contributed by atoms with van der Waals surface area (Å²) in [5.41, 5.74) is 0.848. The van der Waals surface area contributed by atoms with E-state index in [2.05, 4.69) is 10.3 Å². The highest BCUT2D eigenvalue weighted by atomic mass is 35.5. The van der Waals surface area contributed by atoms with Gasteiger partial charge >= 0.3 is 0 Å². The second kappa shape index (κ2) is 9.62. The number of anilines is 1. The molecule has 0 saturated heterocycles. The number of carbonyl (C=O) groups is 1. The summed E-state index contributed by atoms with van der Waals surface area (Å²) in [4.78, 5) is 17.1. The summed E-state index contributed by atoms with van der Waals surface area (Å²) >= 11 is 13.5. The summed E-state index contributed by atoms with van der Waals surface area (Å²) in [5, 5.41) is 4.03. The maximum atomic E-state index is 12.8. The van der Waals surface area contributed by atoms with E-state index in [0.29, 0.717) is 44.0 Å². The lowest BCUT2D eigenvalue weighted by molar-refractivity contribution is 0.102. The maximum Gasteiger partial charge on any atom is 0.257 e. The Balaban J connectivity index is 1.80. The van der Waals surface area contributed by atoms with Crippen molar-refractivity contribution in [1.29, 1.82) is 0 Å². The first-order valence-corrected chi connectivity index (χ1v) is 12.4. The van der Waals surface area contributed by atoms with E-state index in [1.54, 1.807) is 12.1 Å². The highest BCUT2D eigenvalue weighted by molar-refractivity contribution is 7.89. The number of sulfonamides is 1. The van der Waals surface area contributed by atoms with Gasteiger partial charge in [-0.1, -0.05) is 48.4 Å². The molecule has 3 rings (SSSR count). The van der Waals surface area contributed by atoms with Crippen LogP contribution in [0.2, 0.25) is 10.0 Å². The van der Waals surface area contributed by atoms with Gasteiger partial charge in [-0.05, 0) is 49.2 Å². The molecule has 6 nitrogen and oxygen atoms in total. The van der Waals surface area contributed by atoms with Gasteiger partial charge in [0.25, 0.3) is 5.91 Å². The van der Waals surface area contributed by atoms with Crippen molar-refractivity contribution in [2.75, 3.05) is 18.4 Å². The van der Waals surface area contributed by atoms with Crippen molar-refractivity contribution >= 4 is 65.8 Å². The molecule has 0 unspecified atom stereocenters. The Bertz CT molecular complexity index is 1120. The molecule has 1 N–H and O–H groups in total. The lowest BCUT2D eigenvalue weighted by atomic mass is 10.2. The summed E-state index contributed by atoms with van der Waals surface area (Å²) in [6, 6.07) is 9.22. The Hall–Kier alpha value is -1.71. The zero-order valence-corrected chi connectivity index (χ0v) is 19.6. The molecule has 2 aromatic carbocycles. The van der Waals surface area contributed by atoms with E-state index in [1.165, 1.54) is 39.9 Å². The number of nitrogens with zero attached hydrogens (tertiary/aromatic N) is 2. The van der Waals surface area contributed by atoms with E-state index in [9.17, 15) is 13.2 Å². The number of benzene rings is 2. The quantitative estimate of drug-likeness (QED) is 0.445. The van der Waals surface area contributed by atoms with E-state index < -0.39 is 15.9 Å².